The second-order valence-electron chi connectivity index (χ2n) is 5.61. The van der Waals surface area contributed by atoms with Crippen molar-refractivity contribution in [2.24, 2.45) is 5.41 Å². The molecule has 0 amide bonds. The van der Waals surface area contributed by atoms with Crippen LogP contribution in [0, 0.1) is 5.41 Å². The van der Waals surface area contributed by atoms with Crippen molar-refractivity contribution in [2.45, 2.75) is 46.0 Å². The average molecular weight is 307 g/mol. The summed E-state index contributed by atoms with van der Waals surface area (Å²) in [7, 11) is 0. The van der Waals surface area contributed by atoms with E-state index in [0.29, 0.717) is 5.88 Å². The molecule has 0 saturated carbocycles. The minimum Gasteiger partial charge on any atom is -0.197 e. The van der Waals surface area contributed by atoms with Crippen LogP contribution in [0.2, 0.25) is 0 Å². The third-order valence-corrected chi connectivity index (χ3v) is 4.73. The number of benzene rings is 1. The minimum absolute atomic E-state index is 0.0822. The van der Waals surface area contributed by atoms with Crippen LogP contribution in [0.4, 0.5) is 0 Å². The van der Waals surface area contributed by atoms with Gasteiger partial charge in [0.1, 0.15) is 0 Å². The normalized spacial score (nSPS) is 14.0. The van der Waals surface area contributed by atoms with E-state index in [0.717, 1.165) is 30.8 Å². The number of para-hydroxylation sites is 1. The van der Waals surface area contributed by atoms with E-state index in [1.807, 2.05) is 35.0 Å². The number of aromatic nitrogens is 4. The van der Waals surface area contributed by atoms with E-state index in [9.17, 15) is 0 Å². The summed E-state index contributed by atoms with van der Waals surface area (Å²) in [4.78, 5) is 0. The van der Waals surface area contributed by atoms with Gasteiger partial charge in [0.15, 0.2) is 5.82 Å². The van der Waals surface area contributed by atoms with Crippen molar-refractivity contribution in [3.8, 4) is 5.69 Å². The number of unbranched alkanes of at least 4 members (excludes halogenated alkanes) is 1. The molecule has 1 atom stereocenters. The Hall–Kier alpha value is -1.42. The zero-order valence-corrected chi connectivity index (χ0v) is 13.6. The number of hydrogen-bond acceptors (Lipinski definition) is 3. The fraction of sp³-hybridized carbons (Fsp3) is 0.562. The van der Waals surface area contributed by atoms with Gasteiger partial charge in [-0.25, -0.2) is 0 Å². The summed E-state index contributed by atoms with van der Waals surface area (Å²) in [6.07, 6.45) is 5.34. The molecule has 1 heterocycles. The Morgan fingerprint density at radius 3 is 2.57 bits per heavy atom. The second kappa shape index (κ2) is 7.55. The maximum Gasteiger partial charge on any atom is 0.157 e. The maximum atomic E-state index is 6.30. The van der Waals surface area contributed by atoms with Crippen LogP contribution in [0.15, 0.2) is 30.3 Å². The van der Waals surface area contributed by atoms with Crippen molar-refractivity contribution >= 4 is 11.6 Å². The molecule has 2 aromatic rings. The zero-order valence-electron chi connectivity index (χ0n) is 12.8. The summed E-state index contributed by atoms with van der Waals surface area (Å²) in [5.74, 6) is 1.53. The number of hydrogen-bond donors (Lipinski definition) is 0. The third kappa shape index (κ3) is 3.82. The molecule has 1 unspecified atom stereocenters. The van der Waals surface area contributed by atoms with E-state index < -0.39 is 0 Å². The molecule has 1 aromatic heterocycles. The first-order valence-corrected chi connectivity index (χ1v) is 8.17. The quantitative estimate of drug-likeness (QED) is 0.692. The van der Waals surface area contributed by atoms with Crippen molar-refractivity contribution in [3.05, 3.63) is 36.2 Å². The highest BCUT2D eigenvalue weighted by atomic mass is 35.5. The molecule has 114 valence electrons. The van der Waals surface area contributed by atoms with Gasteiger partial charge in [-0.3, -0.25) is 0 Å². The Labute approximate surface area is 131 Å². The van der Waals surface area contributed by atoms with E-state index >= 15 is 0 Å². The fourth-order valence-electron chi connectivity index (χ4n) is 2.57. The number of alkyl halides is 1. The minimum atomic E-state index is 0.0822. The largest absolute Gasteiger partial charge is 0.197 e. The van der Waals surface area contributed by atoms with Gasteiger partial charge < -0.3 is 0 Å². The van der Waals surface area contributed by atoms with E-state index in [4.69, 9.17) is 11.6 Å². The lowest BCUT2D eigenvalue weighted by atomic mass is 9.79. The molecule has 0 radical (unpaired) electrons. The highest BCUT2D eigenvalue weighted by molar-refractivity contribution is 6.18. The number of tetrazole rings is 1. The van der Waals surface area contributed by atoms with Gasteiger partial charge in [-0.2, -0.15) is 4.68 Å². The molecule has 0 N–H and O–H groups in total. The van der Waals surface area contributed by atoms with E-state index in [2.05, 4.69) is 29.4 Å². The standard InChI is InChI=1S/C16H23ClN4/c1-3-5-11-16(4-2,13-17)12-15-18-19-20-21(15)14-9-7-6-8-10-14/h6-10H,3-5,11-13H2,1-2H3. The first-order valence-electron chi connectivity index (χ1n) is 7.63. The molecule has 0 saturated heterocycles. The molecular weight excluding hydrogens is 284 g/mol. The molecule has 4 nitrogen and oxygen atoms in total. The Bertz CT molecular complexity index is 534. The van der Waals surface area contributed by atoms with E-state index in [1.165, 1.54) is 12.8 Å². The summed E-state index contributed by atoms with van der Waals surface area (Å²) in [5.41, 5.74) is 1.08. The first-order chi connectivity index (χ1) is 10.2. The zero-order chi connectivity index (χ0) is 15.1. The smallest absolute Gasteiger partial charge is 0.157 e. The predicted molar refractivity (Wildman–Crippen MR) is 85.8 cm³/mol. The Morgan fingerprint density at radius 2 is 1.95 bits per heavy atom. The van der Waals surface area contributed by atoms with Crippen LogP contribution in [-0.4, -0.2) is 26.1 Å². The van der Waals surface area contributed by atoms with Gasteiger partial charge >= 0.3 is 0 Å². The summed E-state index contributed by atoms with van der Waals surface area (Å²) >= 11 is 6.30. The Morgan fingerprint density at radius 1 is 1.19 bits per heavy atom. The molecule has 0 aliphatic carbocycles. The number of nitrogens with zero attached hydrogens (tertiary/aromatic N) is 4. The van der Waals surface area contributed by atoms with E-state index in [1.54, 1.807) is 0 Å². The van der Waals surface area contributed by atoms with Gasteiger partial charge in [0.05, 0.1) is 5.69 Å². The van der Waals surface area contributed by atoms with Gasteiger partial charge in [0, 0.05) is 12.3 Å². The summed E-state index contributed by atoms with van der Waals surface area (Å²) in [6.45, 7) is 4.41. The van der Waals surface area contributed by atoms with Crippen molar-refractivity contribution in [1.82, 2.24) is 20.2 Å². The lowest BCUT2D eigenvalue weighted by Crippen LogP contribution is -2.27. The average Bonchev–Trinajstić information content (AvgIpc) is 3.00. The van der Waals surface area contributed by atoms with Gasteiger partial charge in [-0.1, -0.05) is 44.9 Å². The fourth-order valence-corrected chi connectivity index (χ4v) is 2.99. The van der Waals surface area contributed by atoms with Crippen LogP contribution in [-0.2, 0) is 6.42 Å². The topological polar surface area (TPSA) is 43.6 Å². The van der Waals surface area contributed by atoms with Crippen molar-refractivity contribution in [2.75, 3.05) is 5.88 Å². The lowest BCUT2D eigenvalue weighted by molar-refractivity contribution is 0.271. The first kappa shape index (κ1) is 16.0. The molecule has 0 aliphatic heterocycles. The molecule has 1 aromatic carbocycles. The SMILES string of the molecule is CCCCC(CC)(CCl)Cc1nnnn1-c1ccccc1. The lowest BCUT2D eigenvalue weighted by Gasteiger charge is -2.30. The van der Waals surface area contributed by atoms with Crippen LogP contribution in [0.3, 0.4) is 0 Å². The predicted octanol–water partition coefficient (Wildman–Crippen LogP) is 4.03. The maximum absolute atomic E-state index is 6.30. The van der Waals surface area contributed by atoms with Gasteiger partial charge in [-0.05, 0) is 40.8 Å². The molecule has 21 heavy (non-hydrogen) atoms. The van der Waals surface area contributed by atoms with Gasteiger partial charge in [0.25, 0.3) is 0 Å². The molecule has 5 heteroatoms. The van der Waals surface area contributed by atoms with Crippen LogP contribution in [0.25, 0.3) is 5.69 Å². The molecule has 0 aliphatic rings. The molecule has 2 rings (SSSR count). The molecule has 0 spiro atoms. The summed E-state index contributed by atoms with van der Waals surface area (Å²) < 4.78 is 1.82. The van der Waals surface area contributed by atoms with Crippen LogP contribution in [0.5, 0.6) is 0 Å². The van der Waals surface area contributed by atoms with Crippen LogP contribution in [0.1, 0.15) is 45.4 Å². The third-order valence-electron chi connectivity index (χ3n) is 4.16. The second-order valence-corrected chi connectivity index (χ2v) is 5.88. The van der Waals surface area contributed by atoms with Gasteiger partial charge in [0.2, 0.25) is 0 Å². The number of halogens is 1. The highest BCUT2D eigenvalue weighted by Crippen LogP contribution is 2.34. The van der Waals surface area contributed by atoms with Crippen molar-refractivity contribution in [3.63, 3.8) is 0 Å². The number of rotatable bonds is 8. The highest BCUT2D eigenvalue weighted by Gasteiger charge is 2.29. The van der Waals surface area contributed by atoms with Crippen molar-refractivity contribution in [1.29, 1.82) is 0 Å². The monoisotopic (exact) mass is 306 g/mol. The van der Waals surface area contributed by atoms with Crippen LogP contribution < -0.4 is 0 Å². The van der Waals surface area contributed by atoms with Crippen molar-refractivity contribution < 1.29 is 0 Å². The summed E-state index contributed by atoms with van der Waals surface area (Å²) in [6, 6.07) is 10.0. The Balaban J connectivity index is 2.24. The van der Waals surface area contributed by atoms with Gasteiger partial charge in [-0.15, -0.1) is 16.7 Å². The molecule has 0 fully saturated rings. The summed E-state index contributed by atoms with van der Waals surface area (Å²) in [5, 5.41) is 12.2. The van der Waals surface area contributed by atoms with E-state index in [-0.39, 0.29) is 5.41 Å². The molecule has 0 bridgehead atoms. The Kier molecular flexibility index (Phi) is 5.74. The van der Waals surface area contributed by atoms with Crippen LogP contribution >= 0.6 is 11.6 Å². The molecular formula is C16H23ClN4.